The number of aliphatic hydroxyl groups excluding tert-OH is 1. The first kappa shape index (κ1) is 13.2. The van der Waals surface area contributed by atoms with E-state index < -0.39 is 6.10 Å². The molecule has 1 aromatic heterocycles. The first-order chi connectivity index (χ1) is 9.15. The summed E-state index contributed by atoms with van der Waals surface area (Å²) in [6, 6.07) is 3.82. The third-order valence-electron chi connectivity index (χ3n) is 4.06. The Labute approximate surface area is 119 Å². The highest BCUT2D eigenvalue weighted by molar-refractivity contribution is 6.29. The minimum absolute atomic E-state index is 0.372. The van der Waals surface area contributed by atoms with Crippen LogP contribution in [0.4, 0.5) is 5.69 Å². The van der Waals surface area contributed by atoms with Crippen LogP contribution < -0.4 is 4.90 Å². The summed E-state index contributed by atoms with van der Waals surface area (Å²) in [5.41, 5.74) is 1.82. The average Bonchev–Trinajstić information content (AvgIpc) is 3.23. The molecular formula is C14H20ClN3O. The second-order valence-corrected chi connectivity index (χ2v) is 6.00. The smallest absolute Gasteiger partial charge is 0.129 e. The number of nitrogens with zero attached hydrogens (tertiary/aromatic N) is 3. The van der Waals surface area contributed by atoms with Crippen molar-refractivity contribution in [3.05, 3.63) is 23.0 Å². The standard InChI is InChI=1S/C14H20ClN3O/c1-17-6-8-18(9-7-17)11-4-5-12(15)16-13(11)14(19)10-2-3-10/h4-5,10,14,19H,2-3,6-9H2,1H3. The topological polar surface area (TPSA) is 39.6 Å². The average molecular weight is 282 g/mol. The van der Waals surface area contributed by atoms with Crippen LogP contribution in [0.1, 0.15) is 24.6 Å². The van der Waals surface area contributed by atoms with Gasteiger partial charge in [-0.2, -0.15) is 0 Å². The molecule has 3 rings (SSSR count). The summed E-state index contributed by atoms with van der Waals surface area (Å²) in [5.74, 6) is 0.372. The Bertz CT molecular complexity index is 456. The van der Waals surface area contributed by atoms with Crippen LogP contribution in [-0.2, 0) is 0 Å². The Hall–Kier alpha value is -0.840. The molecule has 2 aliphatic rings. The Balaban J connectivity index is 1.87. The van der Waals surface area contributed by atoms with E-state index in [9.17, 15) is 5.11 Å². The molecule has 19 heavy (non-hydrogen) atoms. The molecule has 1 saturated carbocycles. The molecule has 1 aromatic rings. The number of halogens is 1. The number of hydrogen-bond donors (Lipinski definition) is 1. The molecule has 104 valence electrons. The van der Waals surface area contributed by atoms with Gasteiger partial charge in [-0.05, 0) is 37.9 Å². The highest BCUT2D eigenvalue weighted by Crippen LogP contribution is 2.43. The molecule has 1 saturated heterocycles. The van der Waals surface area contributed by atoms with Crippen molar-refractivity contribution in [2.24, 2.45) is 5.92 Å². The first-order valence-corrected chi connectivity index (χ1v) is 7.31. The molecule has 0 amide bonds. The van der Waals surface area contributed by atoms with Crippen molar-refractivity contribution in [2.75, 3.05) is 38.1 Å². The van der Waals surface area contributed by atoms with Crippen molar-refractivity contribution in [2.45, 2.75) is 18.9 Å². The molecular weight excluding hydrogens is 262 g/mol. The molecule has 5 heteroatoms. The molecule has 1 N–H and O–H groups in total. The molecule has 0 radical (unpaired) electrons. The Morgan fingerprint density at radius 1 is 1.26 bits per heavy atom. The van der Waals surface area contributed by atoms with Crippen molar-refractivity contribution >= 4 is 17.3 Å². The van der Waals surface area contributed by atoms with Gasteiger partial charge in [-0.25, -0.2) is 4.98 Å². The number of pyridine rings is 1. The summed E-state index contributed by atoms with van der Waals surface area (Å²) in [4.78, 5) is 9.01. The fourth-order valence-corrected chi connectivity index (χ4v) is 2.76. The van der Waals surface area contributed by atoms with Crippen molar-refractivity contribution in [3.8, 4) is 0 Å². The van der Waals surface area contributed by atoms with E-state index in [4.69, 9.17) is 11.6 Å². The van der Waals surface area contributed by atoms with Crippen molar-refractivity contribution < 1.29 is 5.11 Å². The molecule has 4 nitrogen and oxygen atoms in total. The highest BCUT2D eigenvalue weighted by Gasteiger charge is 2.34. The van der Waals surface area contributed by atoms with E-state index >= 15 is 0 Å². The van der Waals surface area contributed by atoms with Gasteiger partial charge in [0.1, 0.15) is 11.3 Å². The fourth-order valence-electron chi connectivity index (χ4n) is 2.61. The maximum Gasteiger partial charge on any atom is 0.129 e. The van der Waals surface area contributed by atoms with E-state index in [1.807, 2.05) is 12.1 Å². The summed E-state index contributed by atoms with van der Waals surface area (Å²) >= 11 is 6.00. The normalized spacial score (nSPS) is 22.6. The molecule has 1 unspecified atom stereocenters. The maximum atomic E-state index is 10.4. The molecule has 2 fully saturated rings. The molecule has 0 bridgehead atoms. The first-order valence-electron chi connectivity index (χ1n) is 6.93. The van der Waals surface area contributed by atoms with Gasteiger partial charge in [0, 0.05) is 26.2 Å². The number of piperazine rings is 1. The van der Waals surface area contributed by atoms with E-state index in [2.05, 4.69) is 21.8 Å². The molecule has 1 atom stereocenters. The zero-order valence-electron chi connectivity index (χ0n) is 11.2. The lowest BCUT2D eigenvalue weighted by Gasteiger charge is -2.35. The van der Waals surface area contributed by atoms with Crippen LogP contribution >= 0.6 is 11.6 Å². The van der Waals surface area contributed by atoms with Gasteiger partial charge in [0.25, 0.3) is 0 Å². The lowest BCUT2D eigenvalue weighted by molar-refractivity contribution is 0.149. The third-order valence-corrected chi connectivity index (χ3v) is 4.27. The van der Waals surface area contributed by atoms with Crippen LogP contribution in [0.5, 0.6) is 0 Å². The van der Waals surface area contributed by atoms with Gasteiger partial charge in [0.15, 0.2) is 0 Å². The number of anilines is 1. The summed E-state index contributed by atoms with van der Waals surface area (Å²) in [6.07, 6.45) is 1.73. The summed E-state index contributed by atoms with van der Waals surface area (Å²) in [5, 5.41) is 10.9. The van der Waals surface area contributed by atoms with Crippen molar-refractivity contribution in [1.29, 1.82) is 0 Å². The highest BCUT2D eigenvalue weighted by atomic mass is 35.5. The van der Waals surface area contributed by atoms with Gasteiger partial charge in [-0.3, -0.25) is 0 Å². The number of rotatable bonds is 3. The lowest BCUT2D eigenvalue weighted by atomic mass is 10.1. The molecule has 2 heterocycles. The van der Waals surface area contributed by atoms with Crippen LogP contribution in [0.25, 0.3) is 0 Å². The molecule has 1 aliphatic carbocycles. The van der Waals surface area contributed by atoms with Gasteiger partial charge >= 0.3 is 0 Å². The van der Waals surface area contributed by atoms with Crippen molar-refractivity contribution in [1.82, 2.24) is 9.88 Å². The largest absolute Gasteiger partial charge is 0.386 e. The zero-order valence-corrected chi connectivity index (χ0v) is 12.0. The van der Waals surface area contributed by atoms with E-state index in [0.717, 1.165) is 50.4 Å². The van der Waals surface area contributed by atoms with Gasteiger partial charge in [0.05, 0.1) is 11.4 Å². The molecule has 0 spiro atoms. The van der Waals surface area contributed by atoms with E-state index in [1.54, 1.807) is 0 Å². The second-order valence-electron chi connectivity index (χ2n) is 5.61. The number of aromatic nitrogens is 1. The van der Waals surface area contributed by atoms with Crippen molar-refractivity contribution in [3.63, 3.8) is 0 Å². The molecule has 1 aliphatic heterocycles. The molecule has 0 aromatic carbocycles. The lowest BCUT2D eigenvalue weighted by Crippen LogP contribution is -2.45. The Kier molecular flexibility index (Phi) is 3.65. The maximum absolute atomic E-state index is 10.4. The Morgan fingerprint density at radius 3 is 2.58 bits per heavy atom. The van der Waals surface area contributed by atoms with Crippen LogP contribution in [0.3, 0.4) is 0 Å². The number of aliphatic hydroxyl groups is 1. The minimum atomic E-state index is -0.464. The van der Waals surface area contributed by atoms with E-state index in [-0.39, 0.29) is 0 Å². The van der Waals surface area contributed by atoms with Crippen LogP contribution in [0, 0.1) is 5.92 Å². The summed E-state index contributed by atoms with van der Waals surface area (Å²) < 4.78 is 0. The van der Waals surface area contributed by atoms with E-state index in [0.29, 0.717) is 11.1 Å². The minimum Gasteiger partial charge on any atom is -0.386 e. The monoisotopic (exact) mass is 281 g/mol. The van der Waals surface area contributed by atoms with Gasteiger partial charge in [0.2, 0.25) is 0 Å². The van der Waals surface area contributed by atoms with Crippen LogP contribution in [-0.4, -0.2) is 48.2 Å². The third kappa shape index (κ3) is 2.86. The second kappa shape index (κ2) is 5.27. The summed E-state index contributed by atoms with van der Waals surface area (Å²) in [7, 11) is 2.14. The summed E-state index contributed by atoms with van der Waals surface area (Å²) in [6.45, 7) is 4.04. The van der Waals surface area contributed by atoms with Crippen LogP contribution in [0.2, 0.25) is 5.15 Å². The van der Waals surface area contributed by atoms with Gasteiger partial charge in [-0.1, -0.05) is 11.6 Å². The van der Waals surface area contributed by atoms with E-state index in [1.165, 1.54) is 0 Å². The predicted octanol–water partition coefficient (Wildman–Crippen LogP) is 1.93. The zero-order chi connectivity index (χ0) is 13.4. The quantitative estimate of drug-likeness (QED) is 0.860. The Morgan fingerprint density at radius 2 is 1.95 bits per heavy atom. The SMILES string of the molecule is CN1CCN(c2ccc(Cl)nc2C(O)C2CC2)CC1. The number of likely N-dealkylation sites (N-methyl/N-ethyl adjacent to an activating group) is 1. The van der Waals surface area contributed by atoms with Gasteiger partial charge in [-0.15, -0.1) is 0 Å². The van der Waals surface area contributed by atoms with Crippen LogP contribution in [0.15, 0.2) is 12.1 Å². The van der Waals surface area contributed by atoms with Gasteiger partial charge < -0.3 is 14.9 Å². The number of hydrogen-bond acceptors (Lipinski definition) is 4. The fraction of sp³-hybridized carbons (Fsp3) is 0.643. The predicted molar refractivity (Wildman–Crippen MR) is 76.6 cm³/mol.